The van der Waals surface area contributed by atoms with Crippen molar-refractivity contribution in [2.24, 2.45) is 0 Å². The molecule has 3 rings (SSSR count). The fraction of sp³-hybridized carbons (Fsp3) is 0.316. The molecule has 9 heteroatoms. The van der Waals surface area contributed by atoms with Gasteiger partial charge in [0.25, 0.3) is 5.91 Å². The summed E-state index contributed by atoms with van der Waals surface area (Å²) in [5.41, 5.74) is 0.362. The first-order valence-electron chi connectivity index (χ1n) is 8.68. The second kappa shape index (κ2) is 9.23. The van der Waals surface area contributed by atoms with Crippen molar-refractivity contribution >= 4 is 11.8 Å². The molecule has 0 aliphatic carbocycles. The Bertz CT molecular complexity index is 835. The Kier molecular flexibility index (Phi) is 6.49. The maximum Gasteiger partial charge on any atom is 0.253 e. The molecule has 2 amide bonds. The van der Waals surface area contributed by atoms with Crippen LogP contribution < -0.4 is 10.1 Å². The lowest BCUT2D eigenvalue weighted by molar-refractivity contribution is -0.138. The highest BCUT2D eigenvalue weighted by Gasteiger charge is 2.25. The first-order chi connectivity index (χ1) is 13.5. The lowest BCUT2D eigenvalue weighted by Gasteiger charge is -2.33. The summed E-state index contributed by atoms with van der Waals surface area (Å²) in [5.74, 6) is -2.17. The molecule has 1 fully saturated rings. The van der Waals surface area contributed by atoms with E-state index >= 15 is 0 Å². The van der Waals surface area contributed by atoms with Crippen molar-refractivity contribution in [3.63, 3.8) is 0 Å². The number of carbonyl (C=O) groups excluding carboxylic acids is 2. The van der Waals surface area contributed by atoms with Crippen molar-refractivity contribution in [2.75, 3.05) is 32.8 Å². The summed E-state index contributed by atoms with van der Waals surface area (Å²) in [6.07, 6.45) is 2.47. The van der Waals surface area contributed by atoms with E-state index in [1.165, 1.54) is 11.1 Å². The van der Waals surface area contributed by atoms with Crippen molar-refractivity contribution in [1.29, 1.82) is 0 Å². The van der Waals surface area contributed by atoms with Crippen LogP contribution in [-0.2, 0) is 9.53 Å². The molecule has 0 spiro atoms. The van der Waals surface area contributed by atoms with Gasteiger partial charge in [0.15, 0.2) is 11.6 Å². The lowest BCUT2D eigenvalue weighted by Crippen LogP contribution is -2.50. The molecular formula is C19H19F2N3O4. The van der Waals surface area contributed by atoms with Gasteiger partial charge in [0.05, 0.1) is 25.3 Å². The lowest BCUT2D eigenvalue weighted by atomic mass is 10.2. The maximum absolute atomic E-state index is 13.6. The molecule has 1 saturated heterocycles. The van der Waals surface area contributed by atoms with Crippen LogP contribution in [0.4, 0.5) is 8.78 Å². The van der Waals surface area contributed by atoms with E-state index in [1.54, 1.807) is 18.3 Å². The Morgan fingerprint density at radius 1 is 1.32 bits per heavy atom. The van der Waals surface area contributed by atoms with Crippen LogP contribution >= 0.6 is 0 Å². The van der Waals surface area contributed by atoms with E-state index in [9.17, 15) is 18.4 Å². The molecule has 1 unspecified atom stereocenters. The second-order valence-corrected chi connectivity index (χ2v) is 6.14. The minimum absolute atomic E-state index is 0.0355. The molecule has 1 aromatic carbocycles. The summed E-state index contributed by atoms with van der Waals surface area (Å²) in [6.45, 7) is 0.666. The van der Waals surface area contributed by atoms with Gasteiger partial charge in [0.1, 0.15) is 18.5 Å². The predicted octanol–water partition coefficient (Wildman–Crippen LogP) is 1.40. The summed E-state index contributed by atoms with van der Waals surface area (Å²) in [7, 11) is 0. The normalized spacial score (nSPS) is 16.5. The zero-order valence-electron chi connectivity index (χ0n) is 14.9. The Labute approximate surface area is 160 Å². The number of morpholine rings is 1. The molecule has 148 valence electrons. The number of hydrogen-bond acceptors (Lipinski definition) is 5. The molecule has 1 aromatic heterocycles. The van der Waals surface area contributed by atoms with Crippen LogP contribution in [0.5, 0.6) is 5.75 Å². The Morgan fingerprint density at radius 2 is 2.18 bits per heavy atom. The topological polar surface area (TPSA) is 80.8 Å². The largest absolute Gasteiger partial charge is 0.488 e. The van der Waals surface area contributed by atoms with E-state index in [1.807, 2.05) is 0 Å². The van der Waals surface area contributed by atoms with Crippen molar-refractivity contribution < 1.29 is 27.8 Å². The first-order valence-corrected chi connectivity index (χ1v) is 8.68. The highest BCUT2D eigenvalue weighted by atomic mass is 19.1. The number of pyridine rings is 1. The SMILES string of the molecule is O=C(NCC(=O)N1CCOC(COc2cc(F)ccc2F)C1)c1cccnc1. The van der Waals surface area contributed by atoms with Gasteiger partial charge in [-0.1, -0.05) is 0 Å². The van der Waals surface area contributed by atoms with Crippen LogP contribution in [0.2, 0.25) is 0 Å². The summed E-state index contributed by atoms with van der Waals surface area (Å²) < 4.78 is 37.6. The van der Waals surface area contributed by atoms with Gasteiger partial charge in [0.2, 0.25) is 5.91 Å². The molecule has 0 radical (unpaired) electrons. The third kappa shape index (κ3) is 5.23. The van der Waals surface area contributed by atoms with Gasteiger partial charge in [0, 0.05) is 25.0 Å². The minimum Gasteiger partial charge on any atom is -0.488 e. The monoisotopic (exact) mass is 391 g/mol. The van der Waals surface area contributed by atoms with Crippen LogP contribution in [0.1, 0.15) is 10.4 Å². The number of hydrogen-bond donors (Lipinski definition) is 1. The van der Waals surface area contributed by atoms with Crippen molar-refractivity contribution in [3.8, 4) is 5.75 Å². The zero-order chi connectivity index (χ0) is 19.9. The molecular weight excluding hydrogens is 372 g/mol. The summed E-state index contributed by atoms with van der Waals surface area (Å²) in [4.78, 5) is 29.7. The molecule has 1 atom stereocenters. The number of benzene rings is 1. The van der Waals surface area contributed by atoms with E-state index < -0.39 is 23.6 Å². The van der Waals surface area contributed by atoms with E-state index in [0.717, 1.165) is 18.2 Å². The zero-order valence-corrected chi connectivity index (χ0v) is 14.9. The number of amides is 2. The number of aromatic nitrogens is 1. The van der Waals surface area contributed by atoms with Crippen molar-refractivity contribution in [2.45, 2.75) is 6.10 Å². The number of ether oxygens (including phenoxy) is 2. The maximum atomic E-state index is 13.6. The first kappa shape index (κ1) is 19.7. The standard InChI is InChI=1S/C19H19F2N3O4/c20-14-3-4-16(21)17(8-14)28-12-15-11-24(6-7-27-15)18(25)10-23-19(26)13-2-1-5-22-9-13/h1-5,8-9,15H,6-7,10-12H2,(H,23,26). The van der Waals surface area contributed by atoms with Gasteiger partial charge in [-0.15, -0.1) is 0 Å². The van der Waals surface area contributed by atoms with E-state index in [0.29, 0.717) is 12.1 Å². The second-order valence-electron chi connectivity index (χ2n) is 6.14. The Balaban J connectivity index is 1.48. The fourth-order valence-electron chi connectivity index (χ4n) is 2.68. The van der Waals surface area contributed by atoms with Crippen molar-refractivity contribution in [3.05, 3.63) is 59.9 Å². The molecule has 0 saturated carbocycles. The number of nitrogens with one attached hydrogen (secondary N) is 1. The van der Waals surface area contributed by atoms with Gasteiger partial charge in [-0.2, -0.15) is 0 Å². The summed E-state index contributed by atoms with van der Waals surface area (Å²) in [5, 5.41) is 2.55. The van der Waals surface area contributed by atoms with Crippen LogP contribution in [0.3, 0.4) is 0 Å². The molecule has 7 nitrogen and oxygen atoms in total. The van der Waals surface area contributed by atoms with Gasteiger partial charge >= 0.3 is 0 Å². The van der Waals surface area contributed by atoms with E-state index in [-0.39, 0.29) is 38.0 Å². The van der Waals surface area contributed by atoms with Crippen LogP contribution in [0.15, 0.2) is 42.7 Å². The Hall–Kier alpha value is -3.07. The summed E-state index contributed by atoms with van der Waals surface area (Å²) in [6, 6.07) is 6.16. The van der Waals surface area contributed by atoms with Crippen LogP contribution in [0, 0.1) is 11.6 Å². The smallest absolute Gasteiger partial charge is 0.253 e. The molecule has 0 bridgehead atoms. The quantitative estimate of drug-likeness (QED) is 0.805. The third-order valence-electron chi connectivity index (χ3n) is 4.13. The van der Waals surface area contributed by atoms with Crippen LogP contribution in [-0.4, -0.2) is 60.7 Å². The summed E-state index contributed by atoms with van der Waals surface area (Å²) >= 11 is 0. The Morgan fingerprint density at radius 3 is 2.96 bits per heavy atom. The minimum atomic E-state index is -0.678. The average molecular weight is 391 g/mol. The molecule has 2 heterocycles. The number of rotatable bonds is 6. The molecule has 28 heavy (non-hydrogen) atoms. The van der Waals surface area contributed by atoms with E-state index in [2.05, 4.69) is 10.3 Å². The number of halogens is 2. The molecule has 1 aliphatic rings. The highest BCUT2D eigenvalue weighted by molar-refractivity contribution is 5.96. The molecule has 1 N–H and O–H groups in total. The van der Waals surface area contributed by atoms with Gasteiger partial charge in [-0.3, -0.25) is 14.6 Å². The average Bonchev–Trinajstić information content (AvgIpc) is 2.73. The van der Waals surface area contributed by atoms with E-state index in [4.69, 9.17) is 9.47 Å². The predicted molar refractivity (Wildman–Crippen MR) is 94.7 cm³/mol. The fourth-order valence-corrected chi connectivity index (χ4v) is 2.68. The van der Waals surface area contributed by atoms with Gasteiger partial charge in [-0.05, 0) is 24.3 Å². The number of nitrogens with zero attached hydrogens (tertiary/aromatic N) is 2. The third-order valence-corrected chi connectivity index (χ3v) is 4.13. The van der Waals surface area contributed by atoms with Crippen molar-refractivity contribution in [1.82, 2.24) is 15.2 Å². The van der Waals surface area contributed by atoms with Gasteiger partial charge in [-0.25, -0.2) is 8.78 Å². The highest BCUT2D eigenvalue weighted by Crippen LogP contribution is 2.19. The van der Waals surface area contributed by atoms with Gasteiger partial charge < -0.3 is 19.7 Å². The molecule has 1 aliphatic heterocycles. The molecule has 2 aromatic rings. The van der Waals surface area contributed by atoms with Crippen LogP contribution in [0.25, 0.3) is 0 Å². The number of carbonyl (C=O) groups is 2.